The van der Waals surface area contributed by atoms with Crippen LogP contribution in [0, 0.1) is 5.92 Å². The van der Waals surface area contributed by atoms with Gasteiger partial charge in [0.1, 0.15) is 11.6 Å². The average Bonchev–Trinajstić information content (AvgIpc) is 2.25. The Morgan fingerprint density at radius 2 is 1.79 bits per heavy atom. The second-order valence-corrected chi connectivity index (χ2v) is 5.18. The summed E-state index contributed by atoms with van der Waals surface area (Å²) in [6.45, 7) is 8.29. The number of primary amides is 1. The molecule has 0 spiro atoms. The molecule has 110 valence electrons. The summed E-state index contributed by atoms with van der Waals surface area (Å²) >= 11 is 0. The van der Waals surface area contributed by atoms with Crippen LogP contribution >= 0.6 is 0 Å². The number of carboxylic acid groups (broad SMARTS) is 1. The molecule has 3 amide bonds. The number of carbonyl (C=O) groups is 3. The standard InChI is InChI=1S/C12H23N3O4/c1-6-15(12(4,5)10(17)18)9(16)8(7(2)3)14-11(13)19/h7-8H,6H2,1-5H3,(H,17,18)(H3,13,14,19). The van der Waals surface area contributed by atoms with Crippen LogP contribution in [0.5, 0.6) is 0 Å². The molecular formula is C12H23N3O4. The lowest BCUT2D eigenvalue weighted by atomic mass is 9.97. The van der Waals surface area contributed by atoms with Crippen LogP contribution in [-0.4, -0.2) is 46.0 Å². The Kier molecular flexibility index (Phi) is 5.80. The highest BCUT2D eigenvalue weighted by Gasteiger charge is 2.40. The van der Waals surface area contributed by atoms with Gasteiger partial charge in [-0.1, -0.05) is 13.8 Å². The van der Waals surface area contributed by atoms with Gasteiger partial charge in [-0.25, -0.2) is 9.59 Å². The van der Waals surface area contributed by atoms with Gasteiger partial charge in [0.25, 0.3) is 0 Å². The summed E-state index contributed by atoms with van der Waals surface area (Å²) in [5, 5.41) is 11.5. The predicted molar refractivity (Wildman–Crippen MR) is 70.4 cm³/mol. The first-order valence-electron chi connectivity index (χ1n) is 6.16. The molecule has 0 aromatic carbocycles. The number of hydrogen-bond acceptors (Lipinski definition) is 3. The summed E-state index contributed by atoms with van der Waals surface area (Å²) in [6.07, 6.45) is 0. The van der Waals surface area contributed by atoms with Crippen LogP contribution in [0.2, 0.25) is 0 Å². The molecule has 0 saturated carbocycles. The van der Waals surface area contributed by atoms with Crippen molar-refractivity contribution in [2.45, 2.75) is 46.2 Å². The van der Waals surface area contributed by atoms with E-state index >= 15 is 0 Å². The van der Waals surface area contributed by atoms with Gasteiger partial charge in [-0.05, 0) is 26.7 Å². The maximum Gasteiger partial charge on any atom is 0.329 e. The Balaban J connectivity index is 5.30. The second kappa shape index (κ2) is 6.40. The number of nitrogens with two attached hydrogens (primary N) is 1. The first-order chi connectivity index (χ1) is 8.55. The Morgan fingerprint density at radius 3 is 2.05 bits per heavy atom. The first-order valence-corrected chi connectivity index (χ1v) is 6.16. The highest BCUT2D eigenvalue weighted by molar-refractivity contribution is 5.91. The maximum absolute atomic E-state index is 12.4. The zero-order valence-electron chi connectivity index (χ0n) is 12.1. The summed E-state index contributed by atoms with van der Waals surface area (Å²) in [6, 6.07) is -1.65. The van der Waals surface area contributed by atoms with E-state index in [1.807, 2.05) is 0 Å². The molecule has 7 heteroatoms. The molecule has 0 aliphatic rings. The number of carbonyl (C=O) groups excluding carboxylic acids is 2. The predicted octanol–water partition coefficient (Wildman–Crippen LogP) is 0.391. The number of nitrogens with zero attached hydrogens (tertiary/aromatic N) is 1. The third-order valence-corrected chi connectivity index (χ3v) is 3.01. The van der Waals surface area contributed by atoms with Crippen LogP contribution in [0.1, 0.15) is 34.6 Å². The van der Waals surface area contributed by atoms with E-state index in [0.717, 1.165) is 0 Å². The van der Waals surface area contributed by atoms with E-state index in [2.05, 4.69) is 5.32 Å². The third kappa shape index (κ3) is 4.11. The molecule has 0 fully saturated rings. The fourth-order valence-electron chi connectivity index (χ4n) is 1.78. The number of rotatable bonds is 6. The zero-order valence-corrected chi connectivity index (χ0v) is 12.1. The van der Waals surface area contributed by atoms with Gasteiger partial charge in [-0.15, -0.1) is 0 Å². The van der Waals surface area contributed by atoms with Gasteiger partial charge < -0.3 is 21.1 Å². The fraction of sp³-hybridized carbons (Fsp3) is 0.750. The molecule has 0 bridgehead atoms. The van der Waals surface area contributed by atoms with Gasteiger partial charge in [0, 0.05) is 6.54 Å². The summed E-state index contributed by atoms with van der Waals surface area (Å²) in [5.41, 5.74) is 3.69. The Hall–Kier alpha value is -1.79. The van der Waals surface area contributed by atoms with Crippen LogP contribution in [0.25, 0.3) is 0 Å². The van der Waals surface area contributed by atoms with Crippen molar-refractivity contribution >= 4 is 17.9 Å². The molecule has 0 aromatic rings. The summed E-state index contributed by atoms with van der Waals surface area (Å²) in [5.74, 6) is -1.76. The van der Waals surface area contributed by atoms with Crippen LogP contribution in [0.3, 0.4) is 0 Å². The topological polar surface area (TPSA) is 113 Å². The number of carboxylic acids is 1. The van der Waals surface area contributed by atoms with Gasteiger partial charge in [-0.3, -0.25) is 4.79 Å². The van der Waals surface area contributed by atoms with E-state index < -0.39 is 29.5 Å². The molecule has 1 unspecified atom stereocenters. The average molecular weight is 273 g/mol. The molecule has 0 radical (unpaired) electrons. The minimum Gasteiger partial charge on any atom is -0.480 e. The minimum atomic E-state index is -1.35. The SMILES string of the molecule is CCN(C(=O)C(NC(N)=O)C(C)C)C(C)(C)C(=O)O. The van der Waals surface area contributed by atoms with E-state index in [1.54, 1.807) is 20.8 Å². The largest absolute Gasteiger partial charge is 0.480 e. The van der Waals surface area contributed by atoms with E-state index in [1.165, 1.54) is 18.7 Å². The fourth-order valence-corrected chi connectivity index (χ4v) is 1.78. The monoisotopic (exact) mass is 273 g/mol. The summed E-state index contributed by atoms with van der Waals surface area (Å²) < 4.78 is 0. The smallest absolute Gasteiger partial charge is 0.329 e. The lowest BCUT2D eigenvalue weighted by Gasteiger charge is -2.37. The molecular weight excluding hydrogens is 250 g/mol. The number of likely N-dealkylation sites (N-methyl/N-ethyl adjacent to an activating group) is 1. The zero-order chi connectivity index (χ0) is 15.4. The van der Waals surface area contributed by atoms with Crippen LogP contribution in [-0.2, 0) is 9.59 Å². The quantitative estimate of drug-likeness (QED) is 0.649. The second-order valence-electron chi connectivity index (χ2n) is 5.18. The molecule has 0 aromatic heterocycles. The normalized spacial score (nSPS) is 12.9. The molecule has 0 saturated heterocycles. The lowest BCUT2D eigenvalue weighted by Crippen LogP contribution is -2.60. The van der Waals surface area contributed by atoms with E-state index in [0.29, 0.717) is 0 Å². The molecule has 4 N–H and O–H groups in total. The molecule has 1 atom stereocenters. The van der Waals surface area contributed by atoms with E-state index in [4.69, 9.17) is 5.73 Å². The molecule has 0 aliphatic heterocycles. The Bertz CT molecular complexity index is 366. The van der Waals surface area contributed by atoms with Crippen LogP contribution in [0.15, 0.2) is 0 Å². The van der Waals surface area contributed by atoms with E-state index in [-0.39, 0.29) is 12.5 Å². The highest BCUT2D eigenvalue weighted by atomic mass is 16.4. The van der Waals surface area contributed by atoms with Crippen molar-refractivity contribution < 1.29 is 19.5 Å². The van der Waals surface area contributed by atoms with Gasteiger partial charge in [0.15, 0.2) is 0 Å². The van der Waals surface area contributed by atoms with Crippen molar-refractivity contribution in [1.29, 1.82) is 0 Å². The van der Waals surface area contributed by atoms with Gasteiger partial charge in [0.05, 0.1) is 0 Å². The number of urea groups is 1. The van der Waals surface area contributed by atoms with Crippen molar-refractivity contribution in [2.75, 3.05) is 6.54 Å². The van der Waals surface area contributed by atoms with Crippen LogP contribution in [0.4, 0.5) is 4.79 Å². The lowest BCUT2D eigenvalue weighted by molar-refractivity contribution is -0.157. The third-order valence-electron chi connectivity index (χ3n) is 3.01. The first kappa shape index (κ1) is 17.2. The van der Waals surface area contributed by atoms with Crippen molar-refractivity contribution in [2.24, 2.45) is 11.7 Å². The number of amides is 3. The molecule has 0 heterocycles. The number of hydrogen-bond donors (Lipinski definition) is 3. The summed E-state index contributed by atoms with van der Waals surface area (Å²) in [7, 11) is 0. The maximum atomic E-state index is 12.4. The Labute approximate surface area is 113 Å². The summed E-state index contributed by atoms with van der Waals surface area (Å²) in [4.78, 5) is 35.8. The van der Waals surface area contributed by atoms with Gasteiger partial charge in [-0.2, -0.15) is 0 Å². The number of aliphatic carboxylic acids is 1. The van der Waals surface area contributed by atoms with Gasteiger partial charge >= 0.3 is 12.0 Å². The molecule has 0 aliphatic carbocycles. The van der Waals surface area contributed by atoms with Crippen LogP contribution < -0.4 is 11.1 Å². The highest BCUT2D eigenvalue weighted by Crippen LogP contribution is 2.18. The number of nitrogens with one attached hydrogen (secondary N) is 1. The van der Waals surface area contributed by atoms with Crippen molar-refractivity contribution in [1.82, 2.24) is 10.2 Å². The minimum absolute atomic E-state index is 0.196. The van der Waals surface area contributed by atoms with Gasteiger partial charge in [0.2, 0.25) is 5.91 Å². The van der Waals surface area contributed by atoms with Crippen molar-refractivity contribution in [3.8, 4) is 0 Å². The molecule has 0 rings (SSSR count). The molecule has 19 heavy (non-hydrogen) atoms. The Morgan fingerprint density at radius 1 is 1.32 bits per heavy atom. The van der Waals surface area contributed by atoms with Crippen molar-refractivity contribution in [3.05, 3.63) is 0 Å². The molecule has 7 nitrogen and oxygen atoms in total. The van der Waals surface area contributed by atoms with Crippen molar-refractivity contribution in [3.63, 3.8) is 0 Å². The van der Waals surface area contributed by atoms with E-state index in [9.17, 15) is 19.5 Å².